The first-order valence-corrected chi connectivity index (χ1v) is 10.9. The Labute approximate surface area is 180 Å². The molecule has 0 bridgehead atoms. The molecular formula is C20H26ClN5O2S. The number of hydrogen-bond acceptors (Lipinski definition) is 6. The maximum absolute atomic E-state index is 12.5. The third-order valence-electron chi connectivity index (χ3n) is 5.56. The number of aromatic nitrogens is 2. The Bertz CT molecular complexity index is 883. The minimum Gasteiger partial charge on any atom is -0.409 e. The lowest BCUT2D eigenvalue weighted by Crippen LogP contribution is -2.50. The van der Waals surface area contributed by atoms with E-state index in [1.165, 1.54) is 6.42 Å². The SMILES string of the molecule is O=C(CN1CCN(Cn2nc(-c3ccc(Cl)cc3)oc2=S)CC1)N1CCCCC1. The molecule has 2 aliphatic heterocycles. The van der Waals surface area contributed by atoms with Crippen LogP contribution in [0.1, 0.15) is 19.3 Å². The van der Waals surface area contributed by atoms with E-state index >= 15 is 0 Å². The Morgan fingerprint density at radius 1 is 1.00 bits per heavy atom. The molecule has 0 saturated carbocycles. The first-order chi connectivity index (χ1) is 14.1. The van der Waals surface area contributed by atoms with Crippen molar-refractivity contribution >= 4 is 29.7 Å². The zero-order chi connectivity index (χ0) is 20.2. The number of piperazine rings is 1. The minimum absolute atomic E-state index is 0.268. The first kappa shape index (κ1) is 20.5. The van der Waals surface area contributed by atoms with Crippen LogP contribution < -0.4 is 0 Å². The standard InChI is InChI=1S/C20H26ClN5O2S/c21-17-6-4-16(5-7-17)19-22-26(20(29)28-19)15-24-12-10-23(11-13-24)14-18(27)25-8-2-1-3-9-25/h4-7H,1-3,8-15H2. The maximum Gasteiger partial charge on any atom is 0.288 e. The van der Waals surface area contributed by atoms with Crippen LogP contribution >= 0.6 is 23.8 Å². The molecule has 2 aromatic rings. The average Bonchev–Trinajstić information content (AvgIpc) is 3.11. The quantitative estimate of drug-likeness (QED) is 0.672. The predicted octanol–water partition coefficient (Wildman–Crippen LogP) is 3.11. The lowest BCUT2D eigenvalue weighted by molar-refractivity contribution is -0.133. The zero-order valence-electron chi connectivity index (χ0n) is 16.4. The Balaban J connectivity index is 1.29. The van der Waals surface area contributed by atoms with Gasteiger partial charge in [0.15, 0.2) is 0 Å². The summed E-state index contributed by atoms with van der Waals surface area (Å²) in [5.74, 6) is 0.766. The summed E-state index contributed by atoms with van der Waals surface area (Å²) >= 11 is 11.3. The molecule has 1 amide bonds. The van der Waals surface area contributed by atoms with Crippen molar-refractivity contribution in [3.05, 3.63) is 34.1 Å². The molecule has 4 rings (SSSR count). The molecule has 9 heteroatoms. The maximum atomic E-state index is 12.5. The van der Waals surface area contributed by atoms with Gasteiger partial charge in [0.1, 0.15) is 0 Å². The number of halogens is 1. The second kappa shape index (κ2) is 9.38. The Kier molecular flexibility index (Phi) is 6.64. The van der Waals surface area contributed by atoms with E-state index in [2.05, 4.69) is 14.9 Å². The molecule has 0 radical (unpaired) electrons. The highest BCUT2D eigenvalue weighted by Gasteiger charge is 2.23. The predicted molar refractivity (Wildman–Crippen MR) is 114 cm³/mol. The summed E-state index contributed by atoms with van der Waals surface area (Å²) in [7, 11) is 0. The van der Waals surface area contributed by atoms with Crippen molar-refractivity contribution in [2.45, 2.75) is 25.9 Å². The van der Waals surface area contributed by atoms with Crippen molar-refractivity contribution in [3.63, 3.8) is 0 Å². The van der Waals surface area contributed by atoms with Crippen molar-refractivity contribution in [2.24, 2.45) is 0 Å². The molecule has 0 spiro atoms. The highest BCUT2D eigenvalue weighted by Crippen LogP contribution is 2.20. The van der Waals surface area contributed by atoms with E-state index in [9.17, 15) is 4.79 Å². The van der Waals surface area contributed by atoms with E-state index < -0.39 is 0 Å². The van der Waals surface area contributed by atoms with Gasteiger partial charge in [-0.25, -0.2) is 4.68 Å². The number of carbonyl (C=O) groups is 1. The normalized spacial score (nSPS) is 18.9. The van der Waals surface area contributed by atoms with Crippen LogP contribution in [0.4, 0.5) is 0 Å². The van der Waals surface area contributed by atoms with Gasteiger partial charge in [-0.1, -0.05) is 11.6 Å². The van der Waals surface area contributed by atoms with Gasteiger partial charge in [0.25, 0.3) is 4.84 Å². The monoisotopic (exact) mass is 435 g/mol. The van der Waals surface area contributed by atoms with E-state index in [0.717, 1.165) is 57.7 Å². The van der Waals surface area contributed by atoms with Gasteiger partial charge in [0, 0.05) is 49.9 Å². The molecule has 0 aliphatic carbocycles. The number of rotatable bonds is 5. The van der Waals surface area contributed by atoms with E-state index in [-0.39, 0.29) is 5.91 Å². The minimum atomic E-state index is 0.268. The molecule has 156 valence electrons. The molecule has 1 aromatic carbocycles. The molecule has 7 nitrogen and oxygen atoms in total. The Morgan fingerprint density at radius 3 is 2.34 bits per heavy atom. The van der Waals surface area contributed by atoms with Crippen molar-refractivity contribution < 1.29 is 9.21 Å². The summed E-state index contributed by atoms with van der Waals surface area (Å²) in [6, 6.07) is 7.34. The molecule has 29 heavy (non-hydrogen) atoms. The van der Waals surface area contributed by atoms with Crippen molar-refractivity contribution in [3.8, 4) is 11.5 Å². The fraction of sp³-hybridized carbons (Fsp3) is 0.550. The van der Waals surface area contributed by atoms with Crippen LogP contribution in [0.3, 0.4) is 0 Å². The van der Waals surface area contributed by atoms with Crippen molar-refractivity contribution in [2.75, 3.05) is 45.8 Å². The topological polar surface area (TPSA) is 57.8 Å². The average molecular weight is 436 g/mol. The second-order valence-corrected chi connectivity index (χ2v) is 8.44. The summed E-state index contributed by atoms with van der Waals surface area (Å²) in [5, 5.41) is 5.19. The van der Waals surface area contributed by atoms with E-state index in [4.69, 9.17) is 28.2 Å². The van der Waals surface area contributed by atoms with Crippen molar-refractivity contribution in [1.29, 1.82) is 0 Å². The lowest BCUT2D eigenvalue weighted by atomic mass is 10.1. The summed E-state index contributed by atoms with van der Waals surface area (Å²) < 4.78 is 7.38. The molecule has 0 atom stereocenters. The number of hydrogen-bond donors (Lipinski definition) is 0. The summed E-state index contributed by atoms with van der Waals surface area (Å²) in [6.07, 6.45) is 3.51. The van der Waals surface area contributed by atoms with Crippen LogP contribution in [0, 0.1) is 4.84 Å². The fourth-order valence-electron chi connectivity index (χ4n) is 3.82. The van der Waals surface area contributed by atoms with Crippen molar-refractivity contribution in [1.82, 2.24) is 24.5 Å². The summed E-state index contributed by atoms with van der Waals surface area (Å²) in [6.45, 7) is 6.43. The third-order valence-corrected chi connectivity index (χ3v) is 6.11. The second-order valence-electron chi connectivity index (χ2n) is 7.66. The number of amides is 1. The van der Waals surface area contributed by atoms with Crippen LogP contribution in [0.2, 0.25) is 5.02 Å². The third kappa shape index (κ3) is 5.25. The van der Waals surface area contributed by atoms with Crippen LogP contribution in [0.15, 0.2) is 28.7 Å². The Morgan fingerprint density at radius 2 is 1.66 bits per heavy atom. The highest BCUT2D eigenvalue weighted by molar-refractivity contribution is 7.71. The van der Waals surface area contributed by atoms with Gasteiger partial charge in [-0.05, 0) is 55.7 Å². The van der Waals surface area contributed by atoms with Crippen LogP contribution in [0.5, 0.6) is 0 Å². The summed E-state index contributed by atoms with van der Waals surface area (Å²) in [4.78, 5) is 19.4. The molecule has 2 fully saturated rings. The number of benzene rings is 1. The molecule has 0 N–H and O–H groups in total. The van der Waals surface area contributed by atoms with Gasteiger partial charge in [-0.2, -0.15) is 0 Å². The van der Waals surface area contributed by atoms with Crippen LogP contribution in [-0.2, 0) is 11.5 Å². The number of carbonyl (C=O) groups excluding carboxylic acids is 1. The van der Waals surface area contributed by atoms with Crippen LogP contribution in [0.25, 0.3) is 11.5 Å². The smallest absolute Gasteiger partial charge is 0.288 e. The van der Waals surface area contributed by atoms with Gasteiger partial charge in [-0.3, -0.25) is 14.6 Å². The molecule has 3 heterocycles. The molecule has 0 unspecified atom stereocenters. The molecule has 2 aliphatic rings. The van der Waals surface area contributed by atoms with E-state index in [1.54, 1.807) is 16.8 Å². The molecule has 1 aromatic heterocycles. The zero-order valence-corrected chi connectivity index (χ0v) is 18.0. The largest absolute Gasteiger partial charge is 0.409 e. The highest BCUT2D eigenvalue weighted by atomic mass is 35.5. The van der Waals surface area contributed by atoms with Gasteiger partial charge in [0.2, 0.25) is 11.8 Å². The van der Waals surface area contributed by atoms with Gasteiger partial charge < -0.3 is 9.32 Å². The fourth-order valence-corrected chi connectivity index (χ4v) is 4.12. The van der Waals surface area contributed by atoms with Gasteiger partial charge in [0.05, 0.1) is 13.2 Å². The number of piperidine rings is 1. The van der Waals surface area contributed by atoms with Gasteiger partial charge >= 0.3 is 0 Å². The van der Waals surface area contributed by atoms with Gasteiger partial charge in [-0.15, -0.1) is 5.10 Å². The Hall–Kier alpha value is -1.74. The number of likely N-dealkylation sites (tertiary alicyclic amines) is 1. The van der Waals surface area contributed by atoms with Crippen LogP contribution in [-0.4, -0.2) is 76.2 Å². The number of nitrogens with zero attached hydrogens (tertiary/aromatic N) is 5. The summed E-state index contributed by atoms with van der Waals surface area (Å²) in [5.41, 5.74) is 0.847. The van der Waals surface area contributed by atoms with E-state index in [0.29, 0.717) is 29.0 Å². The first-order valence-electron chi connectivity index (χ1n) is 10.1. The van der Waals surface area contributed by atoms with E-state index in [1.807, 2.05) is 17.0 Å². The molecule has 2 saturated heterocycles. The lowest BCUT2D eigenvalue weighted by Gasteiger charge is -2.35. The molecular weight excluding hydrogens is 410 g/mol.